The number of alkyl halides is 2. The van der Waals surface area contributed by atoms with Crippen molar-refractivity contribution in [3.05, 3.63) is 88.2 Å². The maximum absolute atomic E-state index is 14.7. The topological polar surface area (TPSA) is 75.7 Å². The maximum Gasteiger partial charge on any atom is 0.255 e. The molecule has 3 aromatic rings. The van der Waals surface area contributed by atoms with Gasteiger partial charge in [0.15, 0.2) is 6.29 Å². The smallest absolute Gasteiger partial charge is 0.255 e. The van der Waals surface area contributed by atoms with Gasteiger partial charge in [-0.25, -0.2) is 13.2 Å². The van der Waals surface area contributed by atoms with E-state index >= 15 is 0 Å². The number of nitrogens with zero attached hydrogens (tertiary/aromatic N) is 1. The molecule has 0 spiro atoms. The lowest BCUT2D eigenvalue weighted by atomic mass is 9.99. The molecule has 0 fully saturated rings. The monoisotopic (exact) mass is 510 g/mol. The number of benzene rings is 3. The molecule has 3 aromatic carbocycles. The van der Waals surface area contributed by atoms with Gasteiger partial charge in [0, 0.05) is 28.8 Å². The summed E-state index contributed by atoms with van der Waals surface area (Å²) >= 11 is 0. The van der Waals surface area contributed by atoms with Crippen LogP contribution < -0.4 is 10.1 Å². The molecule has 192 valence electrons. The molecule has 0 aliphatic carbocycles. The van der Waals surface area contributed by atoms with Gasteiger partial charge in [-0.15, -0.1) is 0 Å². The summed E-state index contributed by atoms with van der Waals surface area (Å²) in [5.74, 6) is -0.988. The Morgan fingerprint density at radius 1 is 1.08 bits per heavy atom. The van der Waals surface area contributed by atoms with Crippen LogP contribution in [0.4, 0.5) is 13.2 Å². The molecule has 0 aromatic heterocycles. The van der Waals surface area contributed by atoms with Crippen molar-refractivity contribution in [2.24, 2.45) is 0 Å². The summed E-state index contributed by atoms with van der Waals surface area (Å²) in [4.78, 5) is 38.1. The zero-order valence-electron chi connectivity index (χ0n) is 20.1. The quantitative estimate of drug-likeness (QED) is 0.459. The number of fused-ring (bicyclic) bond motifs is 1. The molecule has 0 saturated heterocycles. The number of aldehydes is 1. The average Bonchev–Trinajstić information content (AvgIpc) is 3.13. The minimum atomic E-state index is -2.63. The summed E-state index contributed by atoms with van der Waals surface area (Å²) in [6.07, 6.45) is -1.93. The predicted molar refractivity (Wildman–Crippen MR) is 132 cm³/mol. The van der Waals surface area contributed by atoms with Gasteiger partial charge in [0.25, 0.3) is 18.2 Å². The Balaban J connectivity index is 1.57. The Kier molecular flexibility index (Phi) is 7.91. The fraction of sp³-hybridized carbons (Fsp3) is 0.250. The second-order valence-electron chi connectivity index (χ2n) is 8.54. The molecule has 1 aliphatic rings. The summed E-state index contributed by atoms with van der Waals surface area (Å²) in [5, 5.41) is 2.17. The predicted octanol–water partition coefficient (Wildman–Crippen LogP) is 4.90. The van der Waals surface area contributed by atoms with Crippen LogP contribution >= 0.6 is 0 Å². The van der Waals surface area contributed by atoms with Crippen molar-refractivity contribution >= 4 is 18.1 Å². The molecule has 37 heavy (non-hydrogen) atoms. The molecule has 1 heterocycles. The molecule has 0 saturated carbocycles. The van der Waals surface area contributed by atoms with Crippen molar-refractivity contribution in [1.82, 2.24) is 10.2 Å². The second kappa shape index (κ2) is 11.3. The highest BCUT2D eigenvalue weighted by atomic mass is 19.3. The number of rotatable bonds is 7. The number of hydrogen-bond acceptors (Lipinski definition) is 4. The molecular formula is C28H25F3N2O4. The molecule has 0 atom stereocenters. The number of hydrogen-bond donors (Lipinski definition) is 1. The number of carbonyl (C=O) groups excluding carboxylic acids is 3. The van der Waals surface area contributed by atoms with Crippen LogP contribution in [0.3, 0.4) is 0 Å². The minimum Gasteiger partial charge on any atom is -0.491 e. The van der Waals surface area contributed by atoms with Crippen molar-refractivity contribution < 1.29 is 32.3 Å². The summed E-state index contributed by atoms with van der Waals surface area (Å²) in [5.41, 5.74) is 2.95. The Hall–Kier alpha value is -4.14. The van der Waals surface area contributed by atoms with E-state index in [0.29, 0.717) is 18.6 Å². The molecule has 6 nitrogen and oxygen atoms in total. The van der Waals surface area contributed by atoms with E-state index in [-0.39, 0.29) is 47.7 Å². The van der Waals surface area contributed by atoms with Gasteiger partial charge in [-0.3, -0.25) is 14.4 Å². The molecule has 9 heteroatoms. The first-order chi connectivity index (χ1) is 17.8. The van der Waals surface area contributed by atoms with Crippen LogP contribution in [0.2, 0.25) is 0 Å². The largest absolute Gasteiger partial charge is 0.491 e. The van der Waals surface area contributed by atoms with Gasteiger partial charge in [-0.2, -0.15) is 0 Å². The van der Waals surface area contributed by atoms with E-state index in [1.54, 1.807) is 42.2 Å². The zero-order valence-corrected chi connectivity index (χ0v) is 20.1. The third kappa shape index (κ3) is 5.66. The first-order valence-electron chi connectivity index (χ1n) is 11.8. The van der Waals surface area contributed by atoms with E-state index in [9.17, 15) is 27.6 Å². The maximum atomic E-state index is 14.7. The molecular weight excluding hydrogens is 485 g/mol. The Morgan fingerprint density at radius 2 is 1.81 bits per heavy atom. The molecule has 0 bridgehead atoms. The Morgan fingerprint density at radius 3 is 2.49 bits per heavy atom. The number of ether oxygens (including phenoxy) is 1. The molecule has 1 aliphatic heterocycles. The van der Waals surface area contributed by atoms with Gasteiger partial charge in [0.2, 0.25) is 0 Å². The van der Waals surface area contributed by atoms with E-state index in [2.05, 4.69) is 5.32 Å². The second-order valence-corrected chi connectivity index (χ2v) is 8.54. The Bertz CT molecular complexity index is 1330. The summed E-state index contributed by atoms with van der Waals surface area (Å²) < 4.78 is 45.2. The van der Waals surface area contributed by atoms with Crippen molar-refractivity contribution in [1.29, 1.82) is 0 Å². The van der Waals surface area contributed by atoms with E-state index < -0.39 is 24.7 Å². The first kappa shape index (κ1) is 25.9. The summed E-state index contributed by atoms with van der Waals surface area (Å²) in [6.45, 7) is 1.80. The van der Waals surface area contributed by atoms with Crippen LogP contribution in [0.5, 0.6) is 5.75 Å². The number of amides is 2. The number of carbonyl (C=O) groups is 3. The highest BCUT2D eigenvalue weighted by Crippen LogP contribution is 2.30. The third-order valence-electron chi connectivity index (χ3n) is 6.21. The SMILES string of the molecule is CCc1c(C(=O)N2CCOc3ccc(-c4ccc(C(=O)NCC(F)F)cc4)cc3C2)ccc(C=O)c1F. The third-order valence-corrected chi connectivity index (χ3v) is 6.21. The fourth-order valence-electron chi connectivity index (χ4n) is 4.28. The number of nitrogens with one attached hydrogen (secondary N) is 1. The summed E-state index contributed by atoms with van der Waals surface area (Å²) in [6, 6.07) is 14.9. The van der Waals surface area contributed by atoms with Gasteiger partial charge in [0.05, 0.1) is 18.7 Å². The van der Waals surface area contributed by atoms with E-state index in [1.807, 2.05) is 12.1 Å². The Labute approximate surface area is 212 Å². The van der Waals surface area contributed by atoms with Gasteiger partial charge < -0.3 is 15.0 Å². The van der Waals surface area contributed by atoms with Crippen LogP contribution in [0.15, 0.2) is 54.6 Å². The van der Waals surface area contributed by atoms with Gasteiger partial charge in [0.1, 0.15) is 18.2 Å². The standard InChI is InChI=1S/C28H25F3N2O4/c1-2-22-23(9-7-20(16-34)26(22)31)28(36)33-11-12-37-24-10-8-19(13-21(24)15-33)17-3-5-18(6-4-17)27(35)32-14-25(29)30/h3-10,13,16,25H,2,11-12,14-15H2,1H3,(H,32,35). The summed E-state index contributed by atoms with van der Waals surface area (Å²) in [7, 11) is 0. The average molecular weight is 511 g/mol. The lowest BCUT2D eigenvalue weighted by molar-refractivity contribution is 0.0731. The lowest BCUT2D eigenvalue weighted by Gasteiger charge is -2.22. The van der Waals surface area contributed by atoms with Gasteiger partial charge in [-0.05, 0) is 53.9 Å². The molecule has 2 amide bonds. The lowest BCUT2D eigenvalue weighted by Crippen LogP contribution is -2.33. The highest BCUT2D eigenvalue weighted by molar-refractivity contribution is 5.97. The molecule has 0 unspecified atom stereocenters. The van der Waals surface area contributed by atoms with Crippen LogP contribution in [0, 0.1) is 5.82 Å². The van der Waals surface area contributed by atoms with Crippen LogP contribution in [0.1, 0.15) is 49.1 Å². The number of halogens is 3. The van der Waals surface area contributed by atoms with Crippen molar-refractivity contribution in [3.8, 4) is 16.9 Å². The van der Waals surface area contributed by atoms with Crippen molar-refractivity contribution in [2.45, 2.75) is 26.3 Å². The molecule has 0 radical (unpaired) electrons. The molecule has 4 rings (SSSR count). The van der Waals surface area contributed by atoms with Crippen molar-refractivity contribution in [2.75, 3.05) is 19.7 Å². The normalized spacial score (nSPS) is 12.9. The molecule has 1 N–H and O–H groups in total. The zero-order chi connectivity index (χ0) is 26.5. The minimum absolute atomic E-state index is 0.0832. The van der Waals surface area contributed by atoms with E-state index in [0.717, 1.165) is 16.7 Å². The fourth-order valence-corrected chi connectivity index (χ4v) is 4.28. The highest BCUT2D eigenvalue weighted by Gasteiger charge is 2.25. The van der Waals surface area contributed by atoms with Gasteiger partial charge in [-0.1, -0.05) is 25.1 Å². The van der Waals surface area contributed by atoms with E-state index in [1.165, 1.54) is 12.1 Å². The van der Waals surface area contributed by atoms with Crippen LogP contribution in [-0.4, -0.2) is 49.1 Å². The van der Waals surface area contributed by atoms with Crippen LogP contribution in [0.25, 0.3) is 11.1 Å². The van der Waals surface area contributed by atoms with Crippen molar-refractivity contribution in [3.63, 3.8) is 0 Å². The van der Waals surface area contributed by atoms with Crippen LogP contribution in [-0.2, 0) is 13.0 Å². The van der Waals surface area contributed by atoms with Gasteiger partial charge >= 0.3 is 0 Å². The van der Waals surface area contributed by atoms with E-state index in [4.69, 9.17) is 4.74 Å². The first-order valence-corrected chi connectivity index (χ1v) is 11.8.